The van der Waals surface area contributed by atoms with E-state index in [-0.39, 0.29) is 11.4 Å². The lowest BCUT2D eigenvalue weighted by Gasteiger charge is -2.15. The van der Waals surface area contributed by atoms with Gasteiger partial charge in [0.1, 0.15) is 0 Å². The molecule has 3 nitrogen and oxygen atoms in total. The van der Waals surface area contributed by atoms with Gasteiger partial charge in [-0.15, -0.1) is 11.8 Å². The van der Waals surface area contributed by atoms with Gasteiger partial charge in [-0.3, -0.25) is 0 Å². The third-order valence-electron chi connectivity index (χ3n) is 1.01. The van der Waals surface area contributed by atoms with E-state index >= 15 is 0 Å². The van der Waals surface area contributed by atoms with Gasteiger partial charge in [0.15, 0.2) is 0 Å². The molecule has 0 aromatic carbocycles. The van der Waals surface area contributed by atoms with Crippen molar-refractivity contribution in [2.24, 2.45) is 0 Å². The molecule has 50 valence electrons. The second-order valence-electron chi connectivity index (χ2n) is 1.63. The number of nitrogens with one attached hydrogen (secondary N) is 2. The normalized spacial score (nSPS) is 25.0. The van der Waals surface area contributed by atoms with E-state index in [4.69, 9.17) is 0 Å². The topological polar surface area (TPSA) is 41.1 Å². The van der Waals surface area contributed by atoms with Gasteiger partial charge in [-0.05, 0) is 12.3 Å². The Morgan fingerprint density at radius 1 is 1.78 bits per heavy atom. The lowest BCUT2D eigenvalue weighted by atomic mass is 10.5. The number of carbonyl (C=O) groups is 1. The largest absolute Gasteiger partial charge is 0.323 e. The van der Waals surface area contributed by atoms with Gasteiger partial charge in [0, 0.05) is 6.20 Å². The van der Waals surface area contributed by atoms with E-state index in [1.54, 1.807) is 18.0 Å². The van der Waals surface area contributed by atoms with Crippen molar-refractivity contribution < 1.29 is 4.79 Å². The zero-order valence-electron chi connectivity index (χ0n) is 5.05. The van der Waals surface area contributed by atoms with E-state index < -0.39 is 0 Å². The van der Waals surface area contributed by atoms with Crippen LogP contribution in [0.4, 0.5) is 4.79 Å². The molecular weight excluding hydrogens is 136 g/mol. The van der Waals surface area contributed by atoms with Crippen LogP contribution in [0.5, 0.6) is 0 Å². The van der Waals surface area contributed by atoms with Crippen LogP contribution in [0.25, 0.3) is 0 Å². The van der Waals surface area contributed by atoms with Crippen LogP contribution in [-0.2, 0) is 0 Å². The van der Waals surface area contributed by atoms with Crippen molar-refractivity contribution in [1.29, 1.82) is 0 Å². The number of carbonyl (C=O) groups excluding carboxylic acids is 1. The maximum atomic E-state index is 10.5. The summed E-state index contributed by atoms with van der Waals surface area (Å²) in [5, 5.41) is 5.33. The lowest BCUT2D eigenvalue weighted by molar-refractivity contribution is 0.243. The van der Waals surface area contributed by atoms with Crippen LogP contribution in [0.2, 0.25) is 0 Å². The van der Waals surface area contributed by atoms with Crippen LogP contribution in [-0.4, -0.2) is 17.7 Å². The first kappa shape index (κ1) is 6.48. The van der Waals surface area contributed by atoms with Gasteiger partial charge >= 0.3 is 6.03 Å². The maximum absolute atomic E-state index is 10.5. The molecule has 2 amide bonds. The van der Waals surface area contributed by atoms with Crippen molar-refractivity contribution in [2.75, 3.05) is 6.26 Å². The van der Waals surface area contributed by atoms with Crippen LogP contribution < -0.4 is 10.6 Å². The minimum atomic E-state index is -0.128. The van der Waals surface area contributed by atoms with E-state index in [1.807, 2.05) is 12.3 Å². The Kier molecular flexibility index (Phi) is 2.00. The summed E-state index contributed by atoms with van der Waals surface area (Å²) < 4.78 is 0. The molecule has 0 saturated heterocycles. The van der Waals surface area contributed by atoms with Gasteiger partial charge in [-0.25, -0.2) is 4.79 Å². The van der Waals surface area contributed by atoms with Crippen molar-refractivity contribution in [3.05, 3.63) is 12.3 Å². The summed E-state index contributed by atoms with van der Waals surface area (Å²) in [5.74, 6) is 0. The van der Waals surface area contributed by atoms with Crippen LogP contribution in [0.15, 0.2) is 12.3 Å². The molecule has 9 heavy (non-hydrogen) atoms. The molecule has 0 radical (unpaired) electrons. The third kappa shape index (κ3) is 1.64. The number of rotatable bonds is 1. The average molecular weight is 144 g/mol. The molecule has 1 aliphatic heterocycles. The minimum Gasteiger partial charge on any atom is -0.323 e. The third-order valence-corrected chi connectivity index (χ3v) is 1.80. The minimum absolute atomic E-state index is 0.128. The van der Waals surface area contributed by atoms with E-state index in [1.165, 1.54) is 0 Å². The van der Waals surface area contributed by atoms with E-state index in [0.29, 0.717) is 0 Å². The molecule has 0 aromatic heterocycles. The summed E-state index contributed by atoms with van der Waals surface area (Å²) in [5.41, 5.74) is 0. The van der Waals surface area contributed by atoms with Gasteiger partial charge in [0.25, 0.3) is 0 Å². The lowest BCUT2D eigenvalue weighted by Crippen LogP contribution is -2.41. The highest BCUT2D eigenvalue weighted by atomic mass is 32.2. The molecule has 0 saturated carbocycles. The van der Waals surface area contributed by atoms with Gasteiger partial charge in [-0.1, -0.05) is 0 Å². The number of urea groups is 1. The second kappa shape index (κ2) is 2.77. The molecule has 0 spiro atoms. The smallest absolute Gasteiger partial charge is 0.319 e. The van der Waals surface area contributed by atoms with Crippen molar-refractivity contribution in [3.63, 3.8) is 0 Å². The molecule has 1 heterocycles. The Labute approximate surface area is 57.9 Å². The first-order valence-corrected chi connectivity index (χ1v) is 3.88. The van der Waals surface area contributed by atoms with Crippen LogP contribution in [0.3, 0.4) is 0 Å². The SMILES string of the molecule is CSC1C=CNC(=O)N1. The van der Waals surface area contributed by atoms with E-state index in [0.717, 1.165) is 0 Å². The van der Waals surface area contributed by atoms with Crippen molar-refractivity contribution in [1.82, 2.24) is 10.6 Å². The molecule has 0 bridgehead atoms. The van der Waals surface area contributed by atoms with Crippen LogP contribution in [0.1, 0.15) is 0 Å². The molecular formula is C5H8N2OS. The van der Waals surface area contributed by atoms with E-state index in [9.17, 15) is 4.79 Å². The van der Waals surface area contributed by atoms with Crippen molar-refractivity contribution in [2.45, 2.75) is 5.37 Å². The highest BCUT2D eigenvalue weighted by Gasteiger charge is 2.09. The quantitative estimate of drug-likeness (QED) is 0.562. The Balaban J connectivity index is 2.49. The van der Waals surface area contributed by atoms with Crippen LogP contribution in [0, 0.1) is 0 Å². The Hall–Kier alpha value is -0.640. The molecule has 0 fully saturated rings. The number of hydrogen-bond acceptors (Lipinski definition) is 2. The van der Waals surface area contributed by atoms with Gasteiger partial charge in [-0.2, -0.15) is 0 Å². The monoisotopic (exact) mass is 144 g/mol. The second-order valence-corrected chi connectivity index (χ2v) is 2.61. The molecule has 1 aliphatic rings. The zero-order chi connectivity index (χ0) is 6.69. The summed E-state index contributed by atoms with van der Waals surface area (Å²) >= 11 is 1.59. The van der Waals surface area contributed by atoms with Crippen LogP contribution >= 0.6 is 11.8 Å². The van der Waals surface area contributed by atoms with Crippen molar-refractivity contribution in [3.8, 4) is 0 Å². The summed E-state index contributed by atoms with van der Waals surface area (Å²) in [6.45, 7) is 0. The first-order chi connectivity index (χ1) is 4.33. The zero-order valence-corrected chi connectivity index (χ0v) is 5.87. The molecule has 0 aromatic rings. The number of amides is 2. The molecule has 4 heteroatoms. The Morgan fingerprint density at radius 3 is 3.00 bits per heavy atom. The van der Waals surface area contributed by atoms with Gasteiger partial charge in [0.05, 0.1) is 5.37 Å². The summed E-state index contributed by atoms with van der Waals surface area (Å²) in [6.07, 6.45) is 5.49. The first-order valence-electron chi connectivity index (χ1n) is 2.59. The highest BCUT2D eigenvalue weighted by molar-refractivity contribution is 7.99. The molecule has 1 atom stereocenters. The molecule has 1 unspecified atom stereocenters. The standard InChI is InChI=1S/C5H8N2OS/c1-9-4-2-3-6-5(8)7-4/h2-4H,1H3,(H2,6,7,8). The predicted molar refractivity (Wildman–Crippen MR) is 38.1 cm³/mol. The fourth-order valence-corrected chi connectivity index (χ4v) is 1.03. The molecule has 2 N–H and O–H groups in total. The van der Waals surface area contributed by atoms with Gasteiger partial charge in [0.2, 0.25) is 0 Å². The summed E-state index contributed by atoms with van der Waals surface area (Å²) in [7, 11) is 0. The fraction of sp³-hybridized carbons (Fsp3) is 0.400. The Bertz CT molecular complexity index is 146. The average Bonchev–Trinajstić information content (AvgIpc) is 1.88. The highest BCUT2D eigenvalue weighted by Crippen LogP contribution is 2.05. The molecule has 0 aliphatic carbocycles. The summed E-state index contributed by atoms with van der Waals surface area (Å²) in [6, 6.07) is -0.128. The van der Waals surface area contributed by atoms with Gasteiger partial charge < -0.3 is 10.6 Å². The maximum Gasteiger partial charge on any atom is 0.319 e. The number of hydrogen-bond donors (Lipinski definition) is 2. The molecule has 1 rings (SSSR count). The fourth-order valence-electron chi connectivity index (χ4n) is 0.568. The van der Waals surface area contributed by atoms with Crippen molar-refractivity contribution >= 4 is 17.8 Å². The number of thioether (sulfide) groups is 1. The summed E-state index contributed by atoms with van der Waals surface area (Å²) in [4.78, 5) is 10.5. The predicted octanol–water partition coefficient (Wildman–Crippen LogP) is 0.502. The van der Waals surface area contributed by atoms with E-state index in [2.05, 4.69) is 10.6 Å². The Morgan fingerprint density at radius 2 is 2.56 bits per heavy atom.